The molecule has 0 aliphatic rings. The van der Waals surface area contributed by atoms with E-state index in [4.69, 9.17) is 4.52 Å². The normalized spacial score (nSPS) is 11.0. The SMILES string of the molecule is Cc1c(-c2ccc3cnccc3c2)noc1NCCCc1ccccc1. The van der Waals surface area contributed by atoms with Gasteiger partial charge < -0.3 is 9.84 Å². The Balaban J connectivity index is 1.43. The number of hydrogen-bond acceptors (Lipinski definition) is 4. The maximum Gasteiger partial charge on any atom is 0.228 e. The standard InChI is InChI=1S/C22H21N3O/c1-16-21(19-9-10-20-15-23-13-11-18(20)14-19)25-26-22(16)24-12-5-8-17-6-3-2-4-7-17/h2-4,6-7,9-11,13-15,24H,5,8,12H2,1H3. The van der Waals surface area contributed by atoms with E-state index in [1.165, 1.54) is 5.56 Å². The third-order valence-electron chi connectivity index (χ3n) is 4.61. The van der Waals surface area contributed by atoms with E-state index in [0.717, 1.165) is 52.9 Å². The van der Waals surface area contributed by atoms with E-state index in [-0.39, 0.29) is 0 Å². The van der Waals surface area contributed by atoms with Crippen LogP contribution in [-0.4, -0.2) is 16.7 Å². The molecule has 2 aromatic carbocycles. The summed E-state index contributed by atoms with van der Waals surface area (Å²) in [7, 11) is 0. The minimum absolute atomic E-state index is 0.753. The molecule has 0 saturated heterocycles. The molecule has 4 aromatic rings. The van der Waals surface area contributed by atoms with E-state index >= 15 is 0 Å². The molecule has 0 radical (unpaired) electrons. The lowest BCUT2D eigenvalue weighted by Gasteiger charge is -2.04. The molecule has 0 fully saturated rings. The van der Waals surface area contributed by atoms with Gasteiger partial charge in [-0.2, -0.15) is 0 Å². The van der Waals surface area contributed by atoms with Crippen molar-refractivity contribution in [2.45, 2.75) is 19.8 Å². The number of nitrogens with zero attached hydrogens (tertiary/aromatic N) is 2. The van der Waals surface area contributed by atoms with E-state index < -0.39 is 0 Å². The largest absolute Gasteiger partial charge is 0.354 e. The van der Waals surface area contributed by atoms with Gasteiger partial charge in [-0.1, -0.05) is 47.6 Å². The van der Waals surface area contributed by atoms with Crippen molar-refractivity contribution in [3.05, 3.63) is 78.1 Å². The van der Waals surface area contributed by atoms with Crippen molar-refractivity contribution < 1.29 is 4.52 Å². The van der Waals surface area contributed by atoms with Gasteiger partial charge in [-0.3, -0.25) is 4.98 Å². The molecule has 2 aromatic heterocycles. The molecular formula is C22H21N3O. The zero-order valence-electron chi connectivity index (χ0n) is 14.8. The molecule has 0 aliphatic heterocycles. The Morgan fingerprint density at radius 2 is 1.88 bits per heavy atom. The maximum atomic E-state index is 5.54. The van der Waals surface area contributed by atoms with Crippen LogP contribution in [0.4, 0.5) is 5.88 Å². The number of benzene rings is 2. The number of fused-ring (bicyclic) bond motifs is 1. The fourth-order valence-electron chi connectivity index (χ4n) is 3.14. The van der Waals surface area contributed by atoms with Crippen LogP contribution in [0.15, 0.2) is 71.5 Å². The Kier molecular flexibility index (Phi) is 4.65. The highest BCUT2D eigenvalue weighted by Crippen LogP contribution is 2.30. The molecular weight excluding hydrogens is 322 g/mol. The van der Waals surface area contributed by atoms with E-state index in [1.54, 1.807) is 0 Å². The van der Waals surface area contributed by atoms with Crippen LogP contribution in [0.2, 0.25) is 0 Å². The molecule has 4 heteroatoms. The number of anilines is 1. The molecule has 0 spiro atoms. The Hall–Kier alpha value is -3.14. The smallest absolute Gasteiger partial charge is 0.228 e. The van der Waals surface area contributed by atoms with Crippen LogP contribution in [-0.2, 0) is 6.42 Å². The van der Waals surface area contributed by atoms with Gasteiger partial charge in [0.15, 0.2) is 0 Å². The fourth-order valence-corrected chi connectivity index (χ4v) is 3.14. The van der Waals surface area contributed by atoms with Gasteiger partial charge in [0.2, 0.25) is 5.88 Å². The van der Waals surface area contributed by atoms with Crippen molar-refractivity contribution in [3.8, 4) is 11.3 Å². The molecule has 1 N–H and O–H groups in total. The molecule has 26 heavy (non-hydrogen) atoms. The number of hydrogen-bond donors (Lipinski definition) is 1. The summed E-state index contributed by atoms with van der Waals surface area (Å²) in [5.41, 5.74) is 4.34. The van der Waals surface area contributed by atoms with Crippen LogP contribution >= 0.6 is 0 Å². The van der Waals surface area contributed by atoms with Crippen LogP contribution < -0.4 is 5.32 Å². The van der Waals surface area contributed by atoms with E-state index in [0.29, 0.717) is 0 Å². The number of aromatic nitrogens is 2. The summed E-state index contributed by atoms with van der Waals surface area (Å²) in [6.45, 7) is 2.90. The van der Waals surface area contributed by atoms with Gasteiger partial charge in [0, 0.05) is 35.5 Å². The highest BCUT2D eigenvalue weighted by Gasteiger charge is 2.13. The number of rotatable bonds is 6. The molecule has 130 valence electrons. The second-order valence-electron chi connectivity index (χ2n) is 6.44. The van der Waals surface area contributed by atoms with E-state index in [9.17, 15) is 0 Å². The average Bonchev–Trinajstić information content (AvgIpc) is 3.06. The van der Waals surface area contributed by atoms with Crippen LogP contribution in [0.5, 0.6) is 0 Å². The average molecular weight is 343 g/mol. The third-order valence-corrected chi connectivity index (χ3v) is 4.61. The van der Waals surface area contributed by atoms with Gasteiger partial charge in [0.25, 0.3) is 0 Å². The Morgan fingerprint density at radius 1 is 1.00 bits per heavy atom. The van der Waals surface area contributed by atoms with Crippen molar-refractivity contribution >= 4 is 16.7 Å². The van der Waals surface area contributed by atoms with Crippen molar-refractivity contribution in [3.63, 3.8) is 0 Å². The van der Waals surface area contributed by atoms with Gasteiger partial charge in [0.05, 0.1) is 0 Å². The number of pyridine rings is 1. The van der Waals surface area contributed by atoms with Gasteiger partial charge in [-0.05, 0) is 42.8 Å². The monoisotopic (exact) mass is 343 g/mol. The highest BCUT2D eigenvalue weighted by molar-refractivity contribution is 5.86. The maximum absolute atomic E-state index is 5.54. The third kappa shape index (κ3) is 3.45. The van der Waals surface area contributed by atoms with Crippen molar-refractivity contribution in [2.24, 2.45) is 0 Å². The van der Waals surface area contributed by atoms with Gasteiger partial charge in [-0.25, -0.2) is 0 Å². The Morgan fingerprint density at radius 3 is 2.77 bits per heavy atom. The second kappa shape index (κ2) is 7.40. The molecule has 0 atom stereocenters. The predicted molar refractivity (Wildman–Crippen MR) is 105 cm³/mol. The highest BCUT2D eigenvalue weighted by atomic mass is 16.5. The number of nitrogens with one attached hydrogen (secondary N) is 1. The first-order valence-corrected chi connectivity index (χ1v) is 8.89. The summed E-state index contributed by atoms with van der Waals surface area (Å²) in [4.78, 5) is 4.16. The Labute approximate surface area is 152 Å². The summed E-state index contributed by atoms with van der Waals surface area (Å²) in [5.74, 6) is 0.753. The molecule has 2 heterocycles. The van der Waals surface area contributed by atoms with Gasteiger partial charge in [-0.15, -0.1) is 0 Å². The molecule has 0 unspecified atom stereocenters. The lowest BCUT2D eigenvalue weighted by molar-refractivity contribution is 0.434. The summed E-state index contributed by atoms with van der Waals surface area (Å²) in [5, 5.41) is 9.92. The minimum atomic E-state index is 0.753. The summed E-state index contributed by atoms with van der Waals surface area (Å²) < 4.78 is 5.54. The van der Waals surface area contributed by atoms with Crippen LogP contribution in [0, 0.1) is 6.92 Å². The summed E-state index contributed by atoms with van der Waals surface area (Å²) >= 11 is 0. The molecule has 0 aliphatic carbocycles. The zero-order chi connectivity index (χ0) is 17.8. The number of aryl methyl sites for hydroxylation is 1. The zero-order valence-corrected chi connectivity index (χ0v) is 14.8. The van der Waals surface area contributed by atoms with Crippen molar-refractivity contribution in [2.75, 3.05) is 11.9 Å². The molecule has 4 nitrogen and oxygen atoms in total. The molecule has 0 bridgehead atoms. The minimum Gasteiger partial charge on any atom is -0.354 e. The first kappa shape index (κ1) is 16.3. The quantitative estimate of drug-likeness (QED) is 0.486. The van der Waals surface area contributed by atoms with Crippen LogP contribution in [0.25, 0.3) is 22.0 Å². The van der Waals surface area contributed by atoms with Crippen molar-refractivity contribution in [1.82, 2.24) is 10.1 Å². The van der Waals surface area contributed by atoms with Gasteiger partial charge >= 0.3 is 0 Å². The lowest BCUT2D eigenvalue weighted by atomic mass is 10.0. The first-order chi connectivity index (χ1) is 12.8. The van der Waals surface area contributed by atoms with Crippen molar-refractivity contribution in [1.29, 1.82) is 0 Å². The second-order valence-corrected chi connectivity index (χ2v) is 6.44. The molecule has 0 amide bonds. The Bertz CT molecular complexity index is 1010. The molecule has 4 rings (SSSR count). The van der Waals surface area contributed by atoms with Crippen LogP contribution in [0.1, 0.15) is 17.5 Å². The summed E-state index contributed by atoms with van der Waals surface area (Å²) in [6, 6.07) is 18.8. The fraction of sp³-hybridized carbons (Fsp3) is 0.182. The van der Waals surface area contributed by atoms with E-state index in [1.807, 2.05) is 31.5 Å². The van der Waals surface area contributed by atoms with E-state index in [2.05, 4.69) is 57.9 Å². The topological polar surface area (TPSA) is 51.0 Å². The van der Waals surface area contributed by atoms with Gasteiger partial charge in [0.1, 0.15) is 5.69 Å². The predicted octanol–water partition coefficient (Wildman–Crippen LogP) is 5.24. The van der Waals surface area contributed by atoms with Crippen LogP contribution in [0.3, 0.4) is 0 Å². The summed E-state index contributed by atoms with van der Waals surface area (Å²) in [6.07, 6.45) is 5.77. The lowest BCUT2D eigenvalue weighted by Crippen LogP contribution is -2.03. The molecule has 0 saturated carbocycles. The first-order valence-electron chi connectivity index (χ1n) is 8.89.